The van der Waals surface area contributed by atoms with Crippen LogP contribution in [0, 0.1) is 18.8 Å². The quantitative estimate of drug-likeness (QED) is 0.771. The second-order valence-electron chi connectivity index (χ2n) is 5.78. The van der Waals surface area contributed by atoms with Crippen LogP contribution in [0.4, 0.5) is 0 Å². The molecular weight excluding hydrogens is 206 g/mol. The lowest BCUT2D eigenvalue weighted by molar-refractivity contribution is 0.396. The normalized spacial score (nSPS) is 14.9. The first kappa shape index (κ1) is 14.2. The molecule has 0 aliphatic carbocycles. The van der Waals surface area contributed by atoms with Crippen LogP contribution in [0.5, 0.6) is 0 Å². The molecule has 17 heavy (non-hydrogen) atoms. The first-order valence-electron chi connectivity index (χ1n) is 6.79. The van der Waals surface area contributed by atoms with Gasteiger partial charge in [0.25, 0.3) is 0 Å². The number of benzene rings is 1. The monoisotopic (exact) mass is 233 g/mol. The number of rotatable bonds is 6. The minimum atomic E-state index is 0.449. The van der Waals surface area contributed by atoms with Crippen molar-refractivity contribution in [2.24, 2.45) is 11.8 Å². The van der Waals surface area contributed by atoms with Crippen LogP contribution < -0.4 is 5.32 Å². The lowest BCUT2D eigenvalue weighted by Gasteiger charge is -2.19. The zero-order valence-corrected chi connectivity index (χ0v) is 12.0. The third-order valence-corrected chi connectivity index (χ3v) is 3.19. The van der Waals surface area contributed by atoms with Crippen molar-refractivity contribution in [2.45, 2.75) is 47.1 Å². The van der Waals surface area contributed by atoms with Gasteiger partial charge in [-0.15, -0.1) is 0 Å². The van der Waals surface area contributed by atoms with Gasteiger partial charge < -0.3 is 5.32 Å². The van der Waals surface area contributed by atoms with E-state index in [-0.39, 0.29) is 0 Å². The van der Waals surface area contributed by atoms with Gasteiger partial charge in [-0.3, -0.25) is 0 Å². The minimum absolute atomic E-state index is 0.449. The minimum Gasteiger partial charge on any atom is -0.310 e. The van der Waals surface area contributed by atoms with Crippen molar-refractivity contribution in [3.05, 3.63) is 35.4 Å². The van der Waals surface area contributed by atoms with Gasteiger partial charge in [-0.1, -0.05) is 50.6 Å². The molecule has 1 aromatic rings. The van der Waals surface area contributed by atoms with Crippen molar-refractivity contribution in [3.63, 3.8) is 0 Å². The summed E-state index contributed by atoms with van der Waals surface area (Å²) in [7, 11) is 0. The van der Waals surface area contributed by atoms with E-state index in [0.717, 1.165) is 18.4 Å². The Morgan fingerprint density at radius 3 is 2.41 bits per heavy atom. The molecule has 1 rings (SSSR count). The van der Waals surface area contributed by atoms with Gasteiger partial charge in [-0.2, -0.15) is 0 Å². The van der Waals surface area contributed by atoms with Crippen LogP contribution in [0.3, 0.4) is 0 Å². The van der Waals surface area contributed by atoms with Gasteiger partial charge in [-0.25, -0.2) is 0 Å². The summed E-state index contributed by atoms with van der Waals surface area (Å²) in [5, 5.41) is 3.63. The molecule has 0 saturated heterocycles. The van der Waals surface area contributed by atoms with E-state index in [1.807, 2.05) is 0 Å². The molecule has 0 saturated carbocycles. The highest BCUT2D eigenvalue weighted by atomic mass is 14.9. The van der Waals surface area contributed by atoms with Crippen LogP contribution in [0.1, 0.15) is 51.3 Å². The molecule has 0 radical (unpaired) electrons. The van der Waals surface area contributed by atoms with Crippen LogP contribution in [0.15, 0.2) is 24.3 Å². The molecule has 0 amide bonds. The molecule has 0 spiro atoms. The molecule has 1 unspecified atom stereocenters. The second kappa shape index (κ2) is 6.80. The Bertz CT molecular complexity index is 330. The van der Waals surface area contributed by atoms with Crippen LogP contribution >= 0.6 is 0 Å². The fraction of sp³-hybridized carbons (Fsp3) is 0.625. The molecule has 2 atom stereocenters. The van der Waals surface area contributed by atoms with Gasteiger partial charge in [0.1, 0.15) is 0 Å². The predicted octanol–water partition coefficient (Wildman–Crippen LogP) is 4.33. The average molecular weight is 233 g/mol. The van der Waals surface area contributed by atoms with E-state index < -0.39 is 0 Å². The molecule has 1 aromatic carbocycles. The van der Waals surface area contributed by atoms with E-state index in [0.29, 0.717) is 6.04 Å². The van der Waals surface area contributed by atoms with Crippen molar-refractivity contribution in [1.82, 2.24) is 5.32 Å². The third-order valence-electron chi connectivity index (χ3n) is 3.19. The third kappa shape index (κ3) is 5.36. The molecule has 0 aliphatic rings. The van der Waals surface area contributed by atoms with Crippen molar-refractivity contribution < 1.29 is 0 Å². The summed E-state index contributed by atoms with van der Waals surface area (Å²) in [4.78, 5) is 0. The maximum absolute atomic E-state index is 3.63. The van der Waals surface area contributed by atoms with E-state index >= 15 is 0 Å². The Hall–Kier alpha value is -0.820. The van der Waals surface area contributed by atoms with Crippen molar-refractivity contribution in [1.29, 1.82) is 0 Å². The van der Waals surface area contributed by atoms with Crippen LogP contribution in [-0.2, 0) is 0 Å². The van der Waals surface area contributed by atoms with Crippen LogP contribution in [-0.4, -0.2) is 6.54 Å². The Morgan fingerprint density at radius 2 is 1.82 bits per heavy atom. The van der Waals surface area contributed by atoms with Crippen molar-refractivity contribution in [3.8, 4) is 0 Å². The highest BCUT2D eigenvalue weighted by Crippen LogP contribution is 2.15. The molecule has 0 bridgehead atoms. The van der Waals surface area contributed by atoms with Crippen molar-refractivity contribution >= 4 is 0 Å². The van der Waals surface area contributed by atoms with Gasteiger partial charge in [0.2, 0.25) is 0 Å². The number of nitrogens with one attached hydrogen (secondary N) is 1. The Kier molecular flexibility index (Phi) is 5.70. The summed E-state index contributed by atoms with van der Waals surface area (Å²) < 4.78 is 0. The molecule has 0 heterocycles. The van der Waals surface area contributed by atoms with E-state index in [4.69, 9.17) is 0 Å². The van der Waals surface area contributed by atoms with E-state index in [1.54, 1.807) is 0 Å². The number of aryl methyl sites for hydroxylation is 1. The van der Waals surface area contributed by atoms with Crippen LogP contribution in [0.2, 0.25) is 0 Å². The smallest absolute Gasteiger partial charge is 0.0291 e. The van der Waals surface area contributed by atoms with Gasteiger partial charge >= 0.3 is 0 Å². The number of hydrogen-bond acceptors (Lipinski definition) is 1. The summed E-state index contributed by atoms with van der Waals surface area (Å²) in [6.07, 6.45) is 1.30. The van der Waals surface area contributed by atoms with E-state index in [2.05, 4.69) is 64.2 Å². The van der Waals surface area contributed by atoms with E-state index in [1.165, 1.54) is 17.5 Å². The first-order chi connectivity index (χ1) is 7.99. The molecule has 0 aliphatic heterocycles. The summed E-state index contributed by atoms with van der Waals surface area (Å²) in [5.74, 6) is 1.54. The molecular formula is C16H27N. The van der Waals surface area contributed by atoms with Gasteiger partial charge in [-0.05, 0) is 44.2 Å². The predicted molar refractivity (Wildman–Crippen MR) is 76.2 cm³/mol. The Labute approximate surface area is 107 Å². The maximum atomic E-state index is 3.63. The topological polar surface area (TPSA) is 12.0 Å². The first-order valence-corrected chi connectivity index (χ1v) is 6.79. The Balaban J connectivity index is 2.42. The summed E-state index contributed by atoms with van der Waals surface area (Å²) in [6.45, 7) is 12.4. The average Bonchev–Trinajstić information content (AvgIpc) is 2.25. The Morgan fingerprint density at radius 1 is 1.12 bits per heavy atom. The number of hydrogen-bond donors (Lipinski definition) is 1. The zero-order valence-electron chi connectivity index (χ0n) is 12.0. The fourth-order valence-corrected chi connectivity index (χ4v) is 2.32. The zero-order chi connectivity index (χ0) is 12.8. The van der Waals surface area contributed by atoms with Gasteiger partial charge in [0.15, 0.2) is 0 Å². The molecule has 1 N–H and O–H groups in total. The summed E-state index contributed by atoms with van der Waals surface area (Å²) in [6, 6.07) is 9.21. The largest absolute Gasteiger partial charge is 0.310 e. The van der Waals surface area contributed by atoms with E-state index in [9.17, 15) is 0 Å². The van der Waals surface area contributed by atoms with Gasteiger partial charge in [0.05, 0.1) is 0 Å². The molecule has 96 valence electrons. The van der Waals surface area contributed by atoms with Crippen LogP contribution in [0.25, 0.3) is 0 Å². The van der Waals surface area contributed by atoms with Crippen molar-refractivity contribution in [2.75, 3.05) is 6.54 Å². The summed E-state index contributed by atoms with van der Waals surface area (Å²) in [5.41, 5.74) is 2.73. The SMILES string of the molecule is Cc1cccc([C@@H](C)NCC(C)CC(C)C)c1. The second-order valence-corrected chi connectivity index (χ2v) is 5.78. The molecule has 1 nitrogen and oxygen atoms in total. The fourth-order valence-electron chi connectivity index (χ4n) is 2.32. The molecule has 0 fully saturated rings. The van der Waals surface area contributed by atoms with Gasteiger partial charge in [0, 0.05) is 6.04 Å². The maximum Gasteiger partial charge on any atom is 0.0291 e. The highest BCUT2D eigenvalue weighted by Gasteiger charge is 2.08. The summed E-state index contributed by atoms with van der Waals surface area (Å²) >= 11 is 0. The molecule has 1 heteroatoms. The molecule has 0 aromatic heterocycles. The lowest BCUT2D eigenvalue weighted by atomic mass is 9.98. The standard InChI is InChI=1S/C16H27N/c1-12(2)9-14(4)11-17-15(5)16-8-6-7-13(3)10-16/h6-8,10,12,14-15,17H,9,11H2,1-5H3/t14?,15-/m1/s1. The highest BCUT2D eigenvalue weighted by molar-refractivity contribution is 5.24. The lowest BCUT2D eigenvalue weighted by Crippen LogP contribution is -2.25.